The summed E-state index contributed by atoms with van der Waals surface area (Å²) in [7, 11) is 2.86. The van der Waals surface area contributed by atoms with Gasteiger partial charge in [0.05, 0.1) is 19.1 Å². The number of ether oxygens (including phenoxy) is 3. The second-order valence-corrected chi connectivity index (χ2v) is 7.02. The lowest BCUT2D eigenvalue weighted by Gasteiger charge is -2.09. The number of hydrogen-bond donors (Lipinski definition) is 0. The highest BCUT2D eigenvalue weighted by Gasteiger charge is 2.12. The first-order valence-electron chi connectivity index (χ1n) is 7.73. The quantitative estimate of drug-likeness (QED) is 0.391. The topological polar surface area (TPSA) is 83.7 Å². The fourth-order valence-electron chi connectivity index (χ4n) is 2.12. The van der Waals surface area contributed by atoms with E-state index in [2.05, 4.69) is 30.8 Å². The Bertz CT molecular complexity index is 966. The van der Waals surface area contributed by atoms with Crippen molar-refractivity contribution < 1.29 is 23.5 Å². The third kappa shape index (κ3) is 4.95. The molecule has 0 atom stereocenters. The first-order chi connectivity index (χ1) is 13.1. The van der Waals surface area contributed by atoms with Gasteiger partial charge in [-0.3, -0.25) is 0 Å². The van der Waals surface area contributed by atoms with Gasteiger partial charge in [0.2, 0.25) is 5.82 Å². The number of thiophene rings is 1. The van der Waals surface area contributed by atoms with E-state index in [4.69, 9.17) is 14.0 Å². The average Bonchev–Trinajstić information content (AvgIpc) is 3.33. The van der Waals surface area contributed by atoms with Gasteiger partial charge in [0.1, 0.15) is 0 Å². The van der Waals surface area contributed by atoms with Crippen molar-refractivity contribution in [2.75, 3.05) is 14.2 Å². The lowest BCUT2D eigenvalue weighted by molar-refractivity contribution is -0.134. The molecule has 0 aliphatic heterocycles. The fraction of sp³-hybridized carbons (Fsp3) is 0.167. The minimum absolute atomic E-state index is 0.104. The Morgan fingerprint density at radius 2 is 2.15 bits per heavy atom. The molecule has 0 spiro atoms. The van der Waals surface area contributed by atoms with E-state index in [1.54, 1.807) is 24.3 Å². The number of nitrogens with zero attached hydrogens (tertiary/aromatic N) is 2. The molecule has 0 bridgehead atoms. The van der Waals surface area contributed by atoms with E-state index in [9.17, 15) is 4.79 Å². The molecule has 3 aromatic rings. The largest absolute Gasteiger partial charge is 0.493 e. The molecule has 0 radical (unpaired) electrons. The van der Waals surface area contributed by atoms with E-state index in [0.717, 1.165) is 14.9 Å². The molecule has 0 amide bonds. The molecule has 1 aromatic carbocycles. The van der Waals surface area contributed by atoms with Gasteiger partial charge in [0, 0.05) is 15.9 Å². The predicted octanol–water partition coefficient (Wildman–Crippen LogP) is 4.33. The van der Waals surface area contributed by atoms with Crippen molar-refractivity contribution >= 4 is 39.3 Å². The van der Waals surface area contributed by atoms with Crippen molar-refractivity contribution in [2.45, 2.75) is 6.61 Å². The minimum Gasteiger partial charge on any atom is -0.493 e. The van der Waals surface area contributed by atoms with Crippen LogP contribution in [-0.2, 0) is 16.1 Å². The van der Waals surface area contributed by atoms with E-state index < -0.39 is 5.97 Å². The number of carbonyl (C=O) groups is 1. The Morgan fingerprint density at radius 1 is 1.30 bits per heavy atom. The molecule has 7 nitrogen and oxygen atoms in total. The molecule has 0 fully saturated rings. The maximum atomic E-state index is 11.2. The van der Waals surface area contributed by atoms with Crippen LogP contribution in [0.4, 0.5) is 0 Å². The molecule has 0 aliphatic carbocycles. The van der Waals surface area contributed by atoms with Gasteiger partial charge in [-0.2, -0.15) is 4.98 Å². The predicted molar refractivity (Wildman–Crippen MR) is 104 cm³/mol. The zero-order valence-corrected chi connectivity index (χ0v) is 16.9. The Hall–Kier alpha value is -2.65. The van der Waals surface area contributed by atoms with Crippen molar-refractivity contribution in [1.82, 2.24) is 10.1 Å². The number of esters is 1. The summed E-state index contributed by atoms with van der Waals surface area (Å²) in [5.41, 5.74) is 0.771. The highest BCUT2D eigenvalue weighted by molar-refractivity contribution is 9.10. The van der Waals surface area contributed by atoms with Gasteiger partial charge in [0.25, 0.3) is 5.89 Å². The van der Waals surface area contributed by atoms with E-state index >= 15 is 0 Å². The Balaban J connectivity index is 1.68. The number of halogens is 1. The van der Waals surface area contributed by atoms with Crippen LogP contribution in [0.1, 0.15) is 11.5 Å². The van der Waals surface area contributed by atoms with Crippen molar-refractivity contribution in [3.8, 4) is 22.2 Å². The second kappa shape index (κ2) is 8.83. The molecule has 0 saturated heterocycles. The van der Waals surface area contributed by atoms with Gasteiger partial charge in [-0.05, 0) is 45.8 Å². The SMILES string of the molecule is COC(=O)C=Cc1ccc(OCc2nc(-c3cc(Br)cs3)no2)c(OC)c1. The van der Waals surface area contributed by atoms with Crippen LogP contribution in [0.5, 0.6) is 11.5 Å². The highest BCUT2D eigenvalue weighted by Crippen LogP contribution is 2.30. The minimum atomic E-state index is -0.431. The molecule has 3 rings (SSSR count). The standard InChI is InChI=1S/C18H15BrN2O5S/c1-23-14-7-11(4-6-17(22)24-2)3-5-13(14)25-9-16-20-18(21-26-16)15-8-12(19)10-27-15/h3-8,10H,9H2,1-2H3. The third-order valence-electron chi connectivity index (χ3n) is 3.41. The van der Waals surface area contributed by atoms with Crippen LogP contribution < -0.4 is 9.47 Å². The van der Waals surface area contributed by atoms with Gasteiger partial charge >= 0.3 is 5.97 Å². The second-order valence-electron chi connectivity index (χ2n) is 5.20. The van der Waals surface area contributed by atoms with Crippen molar-refractivity contribution in [1.29, 1.82) is 0 Å². The summed E-state index contributed by atoms with van der Waals surface area (Å²) in [4.78, 5) is 16.4. The van der Waals surface area contributed by atoms with Gasteiger partial charge in [-0.25, -0.2) is 4.79 Å². The zero-order valence-electron chi connectivity index (χ0n) is 14.5. The first-order valence-corrected chi connectivity index (χ1v) is 9.40. The number of rotatable bonds is 7. The molecule has 0 N–H and O–H groups in total. The van der Waals surface area contributed by atoms with Crippen molar-refractivity contribution in [2.24, 2.45) is 0 Å². The molecule has 9 heteroatoms. The third-order valence-corrected chi connectivity index (χ3v) is 5.09. The van der Waals surface area contributed by atoms with E-state index in [1.165, 1.54) is 31.6 Å². The zero-order chi connectivity index (χ0) is 19.2. The van der Waals surface area contributed by atoms with Crippen molar-refractivity contribution in [3.05, 3.63) is 51.6 Å². The lowest BCUT2D eigenvalue weighted by Crippen LogP contribution is -1.98. The fourth-order valence-corrected chi connectivity index (χ4v) is 3.47. The van der Waals surface area contributed by atoms with E-state index in [0.29, 0.717) is 23.2 Å². The summed E-state index contributed by atoms with van der Waals surface area (Å²) < 4.78 is 21.8. The molecule has 0 saturated carbocycles. The Kier molecular flexibility index (Phi) is 6.25. The first kappa shape index (κ1) is 19.1. The Morgan fingerprint density at radius 3 is 2.85 bits per heavy atom. The van der Waals surface area contributed by atoms with Gasteiger partial charge in [0.15, 0.2) is 18.1 Å². The van der Waals surface area contributed by atoms with Crippen LogP contribution in [0.15, 0.2) is 44.7 Å². The lowest BCUT2D eigenvalue weighted by atomic mass is 10.2. The number of benzene rings is 1. The molecule has 2 aromatic heterocycles. The van der Waals surface area contributed by atoms with Crippen LogP contribution in [0.2, 0.25) is 0 Å². The normalized spacial score (nSPS) is 10.9. The van der Waals surface area contributed by atoms with Crippen LogP contribution in [-0.4, -0.2) is 30.3 Å². The smallest absolute Gasteiger partial charge is 0.330 e. The maximum Gasteiger partial charge on any atom is 0.330 e. The van der Waals surface area contributed by atoms with Crippen LogP contribution >= 0.6 is 27.3 Å². The van der Waals surface area contributed by atoms with E-state index in [-0.39, 0.29) is 6.61 Å². The Labute approximate surface area is 167 Å². The van der Waals surface area contributed by atoms with Gasteiger partial charge in [-0.15, -0.1) is 11.3 Å². The summed E-state index contributed by atoms with van der Waals surface area (Å²) in [6.07, 6.45) is 2.96. The molecular weight excluding hydrogens is 436 g/mol. The average molecular weight is 451 g/mol. The molecule has 0 unspecified atom stereocenters. The molecule has 27 heavy (non-hydrogen) atoms. The monoisotopic (exact) mass is 450 g/mol. The van der Waals surface area contributed by atoms with Crippen LogP contribution in [0, 0.1) is 0 Å². The number of methoxy groups -OCH3 is 2. The summed E-state index contributed by atoms with van der Waals surface area (Å²) >= 11 is 4.91. The van der Waals surface area contributed by atoms with Gasteiger partial charge < -0.3 is 18.7 Å². The number of hydrogen-bond acceptors (Lipinski definition) is 8. The van der Waals surface area contributed by atoms with E-state index in [1.807, 2.05) is 11.4 Å². The molecule has 2 heterocycles. The molecule has 0 aliphatic rings. The summed E-state index contributed by atoms with van der Waals surface area (Å²) in [5.74, 6) is 1.47. The van der Waals surface area contributed by atoms with Crippen LogP contribution in [0.3, 0.4) is 0 Å². The van der Waals surface area contributed by atoms with Crippen LogP contribution in [0.25, 0.3) is 16.8 Å². The number of aromatic nitrogens is 2. The summed E-state index contributed by atoms with van der Waals surface area (Å²) in [5, 5.41) is 5.90. The van der Waals surface area contributed by atoms with Crippen molar-refractivity contribution in [3.63, 3.8) is 0 Å². The molecular formula is C18H15BrN2O5S. The molecule has 140 valence electrons. The maximum absolute atomic E-state index is 11.2. The van der Waals surface area contributed by atoms with Gasteiger partial charge in [-0.1, -0.05) is 11.2 Å². The summed E-state index contributed by atoms with van der Waals surface area (Å²) in [6, 6.07) is 7.20. The summed E-state index contributed by atoms with van der Waals surface area (Å²) in [6.45, 7) is 0.104. The highest BCUT2D eigenvalue weighted by atomic mass is 79.9. The number of carbonyl (C=O) groups excluding carboxylic acids is 1.